The molecule has 2 aliphatic carbocycles. The van der Waals surface area contributed by atoms with Crippen LogP contribution in [0.2, 0.25) is 0 Å². The Labute approximate surface area is 101 Å². The zero-order chi connectivity index (χ0) is 11.9. The number of aldehydes is 1. The van der Waals surface area contributed by atoms with Gasteiger partial charge in [-0.1, -0.05) is 25.0 Å². The number of benzene rings is 1. The number of carbonyl (C=O) groups excluding carboxylic acids is 2. The van der Waals surface area contributed by atoms with E-state index in [-0.39, 0.29) is 5.41 Å². The molecule has 0 saturated heterocycles. The van der Waals surface area contributed by atoms with Crippen molar-refractivity contribution < 1.29 is 9.59 Å². The molecule has 0 unspecified atom stereocenters. The van der Waals surface area contributed by atoms with Gasteiger partial charge in [-0.25, -0.2) is 0 Å². The van der Waals surface area contributed by atoms with Gasteiger partial charge in [0.15, 0.2) is 0 Å². The molecule has 1 aromatic carbocycles. The molecule has 2 nitrogen and oxygen atoms in total. The molecule has 0 aromatic heterocycles. The third kappa shape index (κ3) is 1.47. The molecule has 0 atom stereocenters. The highest BCUT2D eigenvalue weighted by Gasteiger charge is 2.45. The molecular weight excluding hydrogens is 212 g/mol. The van der Waals surface area contributed by atoms with Crippen molar-refractivity contribution in [2.45, 2.75) is 43.9 Å². The van der Waals surface area contributed by atoms with E-state index in [4.69, 9.17) is 0 Å². The zero-order valence-corrected chi connectivity index (χ0v) is 9.87. The van der Waals surface area contributed by atoms with Crippen molar-refractivity contribution in [3.8, 4) is 0 Å². The third-order valence-electron chi connectivity index (χ3n) is 4.40. The first-order chi connectivity index (χ1) is 8.26. The van der Waals surface area contributed by atoms with Gasteiger partial charge in [0.1, 0.15) is 12.1 Å². The van der Waals surface area contributed by atoms with E-state index in [2.05, 4.69) is 0 Å². The van der Waals surface area contributed by atoms with Gasteiger partial charge < -0.3 is 0 Å². The summed E-state index contributed by atoms with van der Waals surface area (Å²) in [5.74, 6) is 0.394. The van der Waals surface area contributed by atoms with Crippen LogP contribution in [0.1, 0.15) is 53.6 Å². The van der Waals surface area contributed by atoms with Crippen molar-refractivity contribution in [1.29, 1.82) is 0 Å². The Morgan fingerprint density at radius 3 is 2.59 bits per heavy atom. The lowest BCUT2D eigenvalue weighted by molar-refractivity contribution is -0.125. The summed E-state index contributed by atoms with van der Waals surface area (Å²) in [5, 5.41) is 0. The van der Waals surface area contributed by atoms with Crippen LogP contribution in [0.25, 0.3) is 0 Å². The molecule has 2 aliphatic rings. The number of rotatable bonds is 1. The summed E-state index contributed by atoms with van der Waals surface area (Å²) in [6.45, 7) is 0. The summed E-state index contributed by atoms with van der Waals surface area (Å²) in [5.41, 5.74) is 2.88. The van der Waals surface area contributed by atoms with Gasteiger partial charge in [0, 0.05) is 12.0 Å². The molecule has 1 aromatic rings. The summed E-state index contributed by atoms with van der Waals surface area (Å²) in [6, 6.07) is 5.85. The van der Waals surface area contributed by atoms with E-state index >= 15 is 0 Å². The Bertz CT molecular complexity index is 482. The number of hydrogen-bond donors (Lipinski definition) is 0. The Balaban J connectivity index is 2.18. The van der Waals surface area contributed by atoms with Gasteiger partial charge in [-0.2, -0.15) is 0 Å². The highest BCUT2D eigenvalue weighted by molar-refractivity contribution is 5.93. The van der Waals surface area contributed by atoms with Crippen molar-refractivity contribution in [3.63, 3.8) is 0 Å². The molecule has 0 radical (unpaired) electrons. The summed E-state index contributed by atoms with van der Waals surface area (Å²) in [7, 11) is 0. The molecule has 1 saturated carbocycles. The van der Waals surface area contributed by atoms with Gasteiger partial charge in [-0.05, 0) is 36.5 Å². The maximum Gasteiger partial charge on any atom is 0.150 e. The molecule has 2 heteroatoms. The Morgan fingerprint density at radius 1 is 1.12 bits per heavy atom. The van der Waals surface area contributed by atoms with Crippen LogP contribution in [0.15, 0.2) is 18.2 Å². The fourth-order valence-corrected chi connectivity index (χ4v) is 3.50. The van der Waals surface area contributed by atoms with Gasteiger partial charge in [-0.3, -0.25) is 9.59 Å². The van der Waals surface area contributed by atoms with Crippen molar-refractivity contribution in [2.75, 3.05) is 0 Å². The van der Waals surface area contributed by atoms with E-state index in [1.807, 2.05) is 18.2 Å². The lowest BCUT2D eigenvalue weighted by Crippen LogP contribution is -2.37. The molecule has 0 aliphatic heterocycles. The zero-order valence-electron chi connectivity index (χ0n) is 9.87. The molecule has 0 bridgehead atoms. The van der Waals surface area contributed by atoms with E-state index in [0.717, 1.165) is 44.0 Å². The molecule has 0 N–H and O–H groups in total. The summed E-state index contributed by atoms with van der Waals surface area (Å²) < 4.78 is 0. The quantitative estimate of drug-likeness (QED) is 0.693. The molecule has 1 fully saturated rings. The molecule has 3 rings (SSSR count). The van der Waals surface area contributed by atoms with Crippen LogP contribution in [0.3, 0.4) is 0 Å². The second-order valence-corrected chi connectivity index (χ2v) is 5.25. The molecule has 88 valence electrons. The maximum atomic E-state index is 12.3. The maximum absolute atomic E-state index is 12.3. The van der Waals surface area contributed by atoms with Gasteiger partial charge in [0.05, 0.1) is 5.41 Å². The largest absolute Gasteiger partial charge is 0.299 e. The van der Waals surface area contributed by atoms with Crippen molar-refractivity contribution in [3.05, 3.63) is 34.9 Å². The molecular formula is C15H16O2. The number of fused-ring (bicyclic) bond motifs is 2. The second-order valence-electron chi connectivity index (χ2n) is 5.25. The van der Waals surface area contributed by atoms with Crippen LogP contribution in [-0.4, -0.2) is 12.1 Å². The minimum absolute atomic E-state index is 0.243. The minimum Gasteiger partial charge on any atom is -0.299 e. The standard InChI is InChI=1S/C15H16O2/c16-10-11-3-4-12-5-6-14(17)15(13(12)9-11)7-1-2-8-15/h3-4,9-10H,1-2,5-8H2. The number of hydrogen-bond acceptors (Lipinski definition) is 2. The fraction of sp³-hybridized carbons (Fsp3) is 0.467. The smallest absolute Gasteiger partial charge is 0.150 e. The van der Waals surface area contributed by atoms with E-state index < -0.39 is 0 Å². The topological polar surface area (TPSA) is 34.1 Å². The fourth-order valence-electron chi connectivity index (χ4n) is 3.50. The minimum atomic E-state index is -0.243. The van der Waals surface area contributed by atoms with Crippen molar-refractivity contribution in [2.24, 2.45) is 0 Å². The van der Waals surface area contributed by atoms with E-state index in [1.54, 1.807) is 0 Å². The van der Waals surface area contributed by atoms with Crippen LogP contribution < -0.4 is 0 Å². The van der Waals surface area contributed by atoms with E-state index in [0.29, 0.717) is 17.8 Å². The lowest BCUT2D eigenvalue weighted by Gasteiger charge is -2.34. The monoisotopic (exact) mass is 228 g/mol. The summed E-state index contributed by atoms with van der Waals surface area (Å²) >= 11 is 0. The van der Waals surface area contributed by atoms with E-state index in [9.17, 15) is 9.59 Å². The molecule has 1 spiro atoms. The Hall–Kier alpha value is -1.44. The SMILES string of the molecule is O=Cc1ccc2c(c1)C1(CCCC1)C(=O)CC2. The molecule has 17 heavy (non-hydrogen) atoms. The second kappa shape index (κ2) is 3.80. The summed E-state index contributed by atoms with van der Waals surface area (Å²) in [4.78, 5) is 23.2. The Kier molecular flexibility index (Phi) is 2.39. The van der Waals surface area contributed by atoms with Gasteiger partial charge in [-0.15, -0.1) is 0 Å². The van der Waals surface area contributed by atoms with Crippen LogP contribution in [0.5, 0.6) is 0 Å². The normalized spacial score (nSPS) is 21.5. The first-order valence-corrected chi connectivity index (χ1v) is 6.38. The molecule has 0 amide bonds. The van der Waals surface area contributed by atoms with Crippen molar-refractivity contribution in [1.82, 2.24) is 0 Å². The highest BCUT2D eigenvalue weighted by Crippen LogP contribution is 2.46. The third-order valence-corrected chi connectivity index (χ3v) is 4.40. The Morgan fingerprint density at radius 2 is 1.88 bits per heavy atom. The predicted octanol–water partition coefficient (Wildman–Crippen LogP) is 2.83. The number of Topliss-reactive ketones (excluding diaryl/α,β-unsaturated/α-hetero) is 1. The van der Waals surface area contributed by atoms with Crippen molar-refractivity contribution >= 4 is 12.1 Å². The predicted molar refractivity (Wildman–Crippen MR) is 65.3 cm³/mol. The first kappa shape index (κ1) is 10.7. The van der Waals surface area contributed by atoms with Crippen LogP contribution in [0, 0.1) is 0 Å². The molecule has 0 heterocycles. The van der Waals surface area contributed by atoms with E-state index in [1.165, 1.54) is 5.56 Å². The number of ketones is 1. The highest BCUT2D eigenvalue weighted by atomic mass is 16.1. The van der Waals surface area contributed by atoms with Gasteiger partial charge in [0.25, 0.3) is 0 Å². The number of aryl methyl sites for hydroxylation is 1. The number of carbonyl (C=O) groups is 2. The van der Waals surface area contributed by atoms with Crippen LogP contribution in [0.4, 0.5) is 0 Å². The van der Waals surface area contributed by atoms with Crippen LogP contribution >= 0.6 is 0 Å². The van der Waals surface area contributed by atoms with Gasteiger partial charge >= 0.3 is 0 Å². The van der Waals surface area contributed by atoms with Crippen LogP contribution in [-0.2, 0) is 16.6 Å². The first-order valence-electron chi connectivity index (χ1n) is 6.38. The lowest BCUT2D eigenvalue weighted by atomic mass is 9.67. The summed E-state index contributed by atoms with van der Waals surface area (Å²) in [6.07, 6.45) is 6.61. The average Bonchev–Trinajstić information content (AvgIpc) is 2.85. The average molecular weight is 228 g/mol. The van der Waals surface area contributed by atoms with Gasteiger partial charge in [0.2, 0.25) is 0 Å².